The molecule has 0 fully saturated rings. The van der Waals surface area contributed by atoms with Crippen LogP contribution in [0.5, 0.6) is 11.5 Å². The minimum atomic E-state index is -3.72. The van der Waals surface area contributed by atoms with Crippen LogP contribution in [-0.2, 0) is 14.8 Å². The fraction of sp³-hybridized carbons (Fsp3) is 0.294. The highest BCUT2D eigenvalue weighted by Gasteiger charge is 2.17. The zero-order valence-electron chi connectivity index (χ0n) is 13.9. The van der Waals surface area contributed by atoms with Gasteiger partial charge in [0, 0.05) is 7.11 Å². The Hall–Kier alpha value is -2.25. The first-order chi connectivity index (χ1) is 11.5. The highest BCUT2D eigenvalue weighted by Crippen LogP contribution is 2.28. The predicted octanol–water partition coefficient (Wildman–Crippen LogP) is 2.83. The average molecular weight is 351 g/mol. The Labute approximate surface area is 142 Å². The van der Waals surface area contributed by atoms with Gasteiger partial charge in [-0.15, -0.1) is 0 Å². The van der Waals surface area contributed by atoms with Crippen LogP contribution in [0.3, 0.4) is 0 Å². The van der Waals surface area contributed by atoms with Crippen molar-refractivity contribution in [1.82, 2.24) is 0 Å². The van der Waals surface area contributed by atoms with Gasteiger partial charge in [-0.25, -0.2) is 8.42 Å². The van der Waals surface area contributed by atoms with Crippen molar-refractivity contribution in [3.05, 3.63) is 48.0 Å². The average Bonchev–Trinajstić information content (AvgIpc) is 2.56. The highest BCUT2D eigenvalue weighted by atomic mass is 32.2. The van der Waals surface area contributed by atoms with E-state index in [2.05, 4.69) is 4.72 Å². The molecule has 1 N–H and O–H groups in total. The molecule has 0 bridgehead atoms. The van der Waals surface area contributed by atoms with Crippen LogP contribution in [0.1, 0.15) is 5.56 Å². The van der Waals surface area contributed by atoms with Gasteiger partial charge in [0.05, 0.1) is 24.3 Å². The first kappa shape index (κ1) is 18.1. The minimum Gasteiger partial charge on any atom is -0.495 e. The van der Waals surface area contributed by atoms with Crippen molar-refractivity contribution in [2.24, 2.45) is 0 Å². The van der Waals surface area contributed by atoms with Gasteiger partial charge >= 0.3 is 0 Å². The number of hydrogen-bond donors (Lipinski definition) is 1. The summed E-state index contributed by atoms with van der Waals surface area (Å²) >= 11 is 0. The molecule has 2 aromatic rings. The van der Waals surface area contributed by atoms with Crippen molar-refractivity contribution in [3.63, 3.8) is 0 Å². The number of aryl methyl sites for hydroxylation is 1. The van der Waals surface area contributed by atoms with Crippen molar-refractivity contribution < 1.29 is 22.6 Å². The van der Waals surface area contributed by atoms with Gasteiger partial charge in [0.2, 0.25) is 0 Å². The van der Waals surface area contributed by atoms with Gasteiger partial charge < -0.3 is 14.2 Å². The third kappa shape index (κ3) is 4.39. The second kappa shape index (κ2) is 8.03. The Morgan fingerprint density at radius 2 is 1.75 bits per heavy atom. The quantitative estimate of drug-likeness (QED) is 0.740. The number of hydrogen-bond acceptors (Lipinski definition) is 5. The molecular formula is C17H21NO5S. The lowest BCUT2D eigenvalue weighted by Gasteiger charge is -2.13. The van der Waals surface area contributed by atoms with Crippen LogP contribution in [0, 0.1) is 6.92 Å². The number of rotatable bonds is 8. The normalized spacial score (nSPS) is 11.1. The third-order valence-electron chi connectivity index (χ3n) is 3.35. The molecule has 0 saturated heterocycles. The summed E-state index contributed by atoms with van der Waals surface area (Å²) in [6.45, 7) is 2.67. The SMILES string of the molecule is COCCOc1ccc(S(=O)(=O)Nc2ccccc2OC)cc1C. The van der Waals surface area contributed by atoms with Crippen molar-refractivity contribution in [3.8, 4) is 11.5 Å². The lowest BCUT2D eigenvalue weighted by Crippen LogP contribution is -2.14. The van der Waals surface area contributed by atoms with E-state index in [1.807, 2.05) is 0 Å². The lowest BCUT2D eigenvalue weighted by molar-refractivity contribution is 0.146. The van der Waals surface area contributed by atoms with Gasteiger partial charge in [-0.3, -0.25) is 4.72 Å². The molecule has 24 heavy (non-hydrogen) atoms. The number of sulfonamides is 1. The fourth-order valence-corrected chi connectivity index (χ4v) is 3.27. The summed E-state index contributed by atoms with van der Waals surface area (Å²) in [5, 5.41) is 0. The first-order valence-corrected chi connectivity index (χ1v) is 8.84. The van der Waals surface area contributed by atoms with Crippen LogP contribution in [0.4, 0.5) is 5.69 Å². The Morgan fingerprint density at radius 1 is 1.00 bits per heavy atom. The maximum Gasteiger partial charge on any atom is 0.262 e. The third-order valence-corrected chi connectivity index (χ3v) is 4.72. The van der Waals surface area contributed by atoms with Crippen molar-refractivity contribution in [2.45, 2.75) is 11.8 Å². The number of benzene rings is 2. The van der Waals surface area contributed by atoms with E-state index >= 15 is 0 Å². The van der Waals surface area contributed by atoms with Crippen molar-refractivity contribution in [2.75, 3.05) is 32.2 Å². The molecule has 0 radical (unpaired) electrons. The van der Waals surface area contributed by atoms with E-state index in [0.717, 1.165) is 5.56 Å². The Bertz CT molecular complexity index is 789. The molecule has 0 saturated carbocycles. The molecule has 0 amide bonds. The first-order valence-electron chi connectivity index (χ1n) is 7.36. The number of para-hydroxylation sites is 2. The summed E-state index contributed by atoms with van der Waals surface area (Å²) in [7, 11) is -0.638. The standard InChI is InChI=1S/C17H21NO5S/c1-13-12-14(8-9-16(13)23-11-10-21-2)24(19,20)18-15-6-4-5-7-17(15)22-3/h4-9,12,18H,10-11H2,1-3H3. The number of methoxy groups -OCH3 is 2. The molecule has 0 aliphatic heterocycles. The monoisotopic (exact) mass is 351 g/mol. The van der Waals surface area contributed by atoms with Crippen LogP contribution in [0.15, 0.2) is 47.4 Å². The molecule has 0 atom stereocenters. The van der Waals surface area contributed by atoms with Crippen LogP contribution in [-0.4, -0.2) is 35.9 Å². The summed E-state index contributed by atoms with van der Waals surface area (Å²) < 4.78 is 43.3. The van der Waals surface area contributed by atoms with Crippen LogP contribution in [0.2, 0.25) is 0 Å². The zero-order chi connectivity index (χ0) is 17.6. The molecule has 130 valence electrons. The molecule has 2 aromatic carbocycles. The van der Waals surface area contributed by atoms with Crippen molar-refractivity contribution >= 4 is 15.7 Å². The van der Waals surface area contributed by atoms with Crippen LogP contribution in [0.25, 0.3) is 0 Å². The molecule has 0 aliphatic rings. The maximum atomic E-state index is 12.6. The topological polar surface area (TPSA) is 73.9 Å². The number of ether oxygens (including phenoxy) is 3. The number of nitrogens with one attached hydrogen (secondary N) is 1. The van der Waals surface area contributed by atoms with E-state index in [1.165, 1.54) is 13.2 Å². The summed E-state index contributed by atoms with van der Waals surface area (Å²) in [6, 6.07) is 11.6. The van der Waals surface area contributed by atoms with E-state index in [1.54, 1.807) is 50.4 Å². The molecule has 0 spiro atoms. The Kier molecular flexibility index (Phi) is 6.05. The summed E-state index contributed by atoms with van der Waals surface area (Å²) in [5.41, 5.74) is 1.12. The van der Waals surface area contributed by atoms with Gasteiger partial charge in [0.1, 0.15) is 18.1 Å². The highest BCUT2D eigenvalue weighted by molar-refractivity contribution is 7.92. The lowest BCUT2D eigenvalue weighted by atomic mass is 10.2. The summed E-state index contributed by atoms with van der Waals surface area (Å²) in [5.74, 6) is 1.08. The molecule has 0 heterocycles. The van der Waals surface area contributed by atoms with Gasteiger partial charge in [-0.05, 0) is 42.8 Å². The summed E-state index contributed by atoms with van der Waals surface area (Å²) in [4.78, 5) is 0.157. The Balaban J connectivity index is 2.21. The molecule has 0 unspecified atom stereocenters. The van der Waals surface area contributed by atoms with E-state index in [0.29, 0.717) is 30.4 Å². The zero-order valence-corrected chi connectivity index (χ0v) is 14.7. The second-order valence-electron chi connectivity index (χ2n) is 5.07. The molecular weight excluding hydrogens is 330 g/mol. The predicted molar refractivity (Wildman–Crippen MR) is 92.4 cm³/mol. The molecule has 0 aromatic heterocycles. The fourth-order valence-electron chi connectivity index (χ4n) is 2.12. The smallest absolute Gasteiger partial charge is 0.262 e. The number of anilines is 1. The van der Waals surface area contributed by atoms with Gasteiger partial charge in [0.25, 0.3) is 10.0 Å². The van der Waals surface area contributed by atoms with Crippen molar-refractivity contribution in [1.29, 1.82) is 0 Å². The van der Waals surface area contributed by atoms with Gasteiger partial charge in [-0.2, -0.15) is 0 Å². The van der Waals surface area contributed by atoms with Crippen LogP contribution >= 0.6 is 0 Å². The van der Waals surface area contributed by atoms with E-state index < -0.39 is 10.0 Å². The summed E-state index contributed by atoms with van der Waals surface area (Å²) in [6.07, 6.45) is 0. The minimum absolute atomic E-state index is 0.157. The molecule has 6 nitrogen and oxygen atoms in total. The molecule has 2 rings (SSSR count). The van der Waals surface area contributed by atoms with E-state index in [4.69, 9.17) is 14.2 Å². The van der Waals surface area contributed by atoms with Gasteiger partial charge in [0.15, 0.2) is 0 Å². The molecule has 0 aliphatic carbocycles. The van der Waals surface area contributed by atoms with Gasteiger partial charge in [-0.1, -0.05) is 12.1 Å². The van der Waals surface area contributed by atoms with E-state index in [-0.39, 0.29) is 4.90 Å². The second-order valence-corrected chi connectivity index (χ2v) is 6.76. The largest absolute Gasteiger partial charge is 0.495 e. The molecule has 7 heteroatoms. The van der Waals surface area contributed by atoms with Crippen LogP contribution < -0.4 is 14.2 Å². The Morgan fingerprint density at radius 3 is 2.42 bits per heavy atom. The maximum absolute atomic E-state index is 12.6. The van der Waals surface area contributed by atoms with E-state index in [9.17, 15) is 8.42 Å².